The molecule has 0 bridgehead atoms. The van der Waals surface area contributed by atoms with Crippen LogP contribution in [0, 0.1) is 0 Å². The van der Waals surface area contributed by atoms with E-state index in [0.717, 1.165) is 59.5 Å². The number of hydrogen-bond acceptors (Lipinski definition) is 5. The molecule has 228 valence electrons. The summed E-state index contributed by atoms with van der Waals surface area (Å²) in [5.41, 5.74) is 9.81. The van der Waals surface area contributed by atoms with E-state index in [-0.39, 0.29) is 12.1 Å². The fourth-order valence-electron chi connectivity index (χ4n) is 7.14. The molecule has 0 radical (unpaired) electrons. The highest BCUT2D eigenvalue weighted by Gasteiger charge is 2.35. The third-order valence-corrected chi connectivity index (χ3v) is 9.38. The highest BCUT2D eigenvalue weighted by atomic mass is 16.6. The number of nitrogens with zero attached hydrogens (tertiary/aromatic N) is 3. The number of H-pyrrole nitrogens is 1. The summed E-state index contributed by atoms with van der Waals surface area (Å²) in [5, 5.41) is 6.03. The highest BCUT2D eigenvalue weighted by molar-refractivity contribution is 5.99. The smallest absolute Gasteiger partial charge is 0.410 e. The van der Waals surface area contributed by atoms with E-state index in [1.165, 1.54) is 46.0 Å². The third kappa shape index (κ3) is 5.39. The second-order valence-electron chi connectivity index (χ2n) is 13.7. The Balaban J connectivity index is 1.05. The number of hydrogen-bond donors (Lipinski definition) is 2. The molecule has 7 nitrogen and oxygen atoms in total. The lowest BCUT2D eigenvalue weighted by molar-refractivity contribution is 0.0219. The van der Waals surface area contributed by atoms with Crippen LogP contribution >= 0.6 is 0 Å². The second-order valence-corrected chi connectivity index (χ2v) is 13.7. The van der Waals surface area contributed by atoms with Gasteiger partial charge in [-0.1, -0.05) is 36.4 Å². The monoisotopic (exact) mass is 597 g/mol. The Morgan fingerprint density at radius 2 is 1.60 bits per heavy atom. The van der Waals surface area contributed by atoms with Crippen LogP contribution in [0.4, 0.5) is 10.5 Å². The molecule has 2 fully saturated rings. The summed E-state index contributed by atoms with van der Waals surface area (Å²) in [6.07, 6.45) is 4.89. The molecule has 3 aliphatic heterocycles. The van der Waals surface area contributed by atoms with Crippen molar-refractivity contribution in [3.05, 3.63) is 84.2 Å². The molecule has 45 heavy (non-hydrogen) atoms. The van der Waals surface area contributed by atoms with Gasteiger partial charge >= 0.3 is 6.09 Å². The van der Waals surface area contributed by atoms with Crippen LogP contribution < -0.4 is 5.32 Å². The van der Waals surface area contributed by atoms with E-state index in [0.29, 0.717) is 12.6 Å². The van der Waals surface area contributed by atoms with Gasteiger partial charge in [0, 0.05) is 24.7 Å². The van der Waals surface area contributed by atoms with Crippen LogP contribution in [0.5, 0.6) is 0 Å². The molecule has 1 aromatic heterocycles. The Labute approximate surface area is 263 Å². The van der Waals surface area contributed by atoms with Gasteiger partial charge in [-0.3, -0.25) is 9.89 Å². The van der Waals surface area contributed by atoms with Crippen molar-refractivity contribution < 1.29 is 9.53 Å². The molecule has 8 rings (SSSR count). The zero-order chi connectivity index (χ0) is 30.7. The van der Waals surface area contributed by atoms with E-state index in [1.807, 2.05) is 25.7 Å². The van der Waals surface area contributed by atoms with Crippen molar-refractivity contribution >= 4 is 39.3 Å². The Morgan fingerprint density at radius 3 is 2.36 bits per heavy atom. The molecule has 0 saturated carbocycles. The summed E-state index contributed by atoms with van der Waals surface area (Å²) < 4.78 is 5.68. The van der Waals surface area contributed by atoms with Gasteiger partial charge in [-0.2, -0.15) is 0 Å². The van der Waals surface area contributed by atoms with Crippen LogP contribution in [0.3, 0.4) is 0 Å². The van der Waals surface area contributed by atoms with Crippen molar-refractivity contribution in [1.82, 2.24) is 20.2 Å². The number of imidazole rings is 1. The van der Waals surface area contributed by atoms with Gasteiger partial charge in [0.2, 0.25) is 0 Å². The maximum atomic E-state index is 12.9. The van der Waals surface area contributed by atoms with Gasteiger partial charge in [0.25, 0.3) is 0 Å². The van der Waals surface area contributed by atoms with Crippen molar-refractivity contribution in [2.24, 2.45) is 4.99 Å². The van der Waals surface area contributed by atoms with Crippen LogP contribution in [0.25, 0.3) is 44.1 Å². The summed E-state index contributed by atoms with van der Waals surface area (Å²) in [6, 6.07) is 26.8. The number of aliphatic imine (C=N–C) groups is 1. The van der Waals surface area contributed by atoms with Crippen molar-refractivity contribution in [3.8, 4) is 22.3 Å². The summed E-state index contributed by atoms with van der Waals surface area (Å²) >= 11 is 0. The molecule has 0 unspecified atom stereocenters. The van der Waals surface area contributed by atoms with Gasteiger partial charge in [-0.15, -0.1) is 0 Å². The number of amides is 1. The number of aromatic amines is 1. The van der Waals surface area contributed by atoms with E-state index in [2.05, 4.69) is 83.1 Å². The molecule has 2 saturated heterocycles. The molecule has 2 atom stereocenters. The molecule has 4 heterocycles. The Morgan fingerprint density at radius 1 is 0.867 bits per heavy atom. The average Bonchev–Trinajstić information content (AvgIpc) is 3.84. The first-order valence-electron chi connectivity index (χ1n) is 16.3. The lowest BCUT2D eigenvalue weighted by atomic mass is 9.95. The Hall–Kier alpha value is -4.49. The standard InChI is InChI=1S/C38H39N5O2/c1-38(2,3)45-37(44)43-17-5-7-35(43)36-41-32-15-13-27(21-34(32)42-36)25-11-9-23-8-10-24(18-28(23)19-25)26-12-14-30-29(20-26)22-33(40-30)31-6-4-16-39-31/h8-15,18-21,31,35,39H,4-7,16-17,22H2,1-3H3,(H,41,42)/t31-,35-/m0/s1. The normalized spacial score (nSPS) is 19.8. The summed E-state index contributed by atoms with van der Waals surface area (Å²) in [5.74, 6) is 0.819. The zero-order valence-corrected chi connectivity index (χ0v) is 26.2. The predicted octanol–water partition coefficient (Wildman–Crippen LogP) is 8.50. The van der Waals surface area contributed by atoms with Gasteiger partial charge in [0.1, 0.15) is 11.4 Å². The predicted molar refractivity (Wildman–Crippen MR) is 181 cm³/mol. The second kappa shape index (κ2) is 10.8. The van der Waals surface area contributed by atoms with Crippen LogP contribution in [0.1, 0.15) is 63.9 Å². The molecule has 2 N–H and O–H groups in total. The lowest BCUT2D eigenvalue weighted by Gasteiger charge is -2.27. The minimum Gasteiger partial charge on any atom is -0.444 e. The molecular formula is C38H39N5O2. The number of likely N-dealkylation sites (tertiary alicyclic amines) is 1. The van der Waals surface area contributed by atoms with E-state index in [1.54, 1.807) is 0 Å². The van der Waals surface area contributed by atoms with E-state index in [4.69, 9.17) is 14.7 Å². The number of carbonyl (C=O) groups excluding carboxylic acids is 1. The lowest BCUT2D eigenvalue weighted by Crippen LogP contribution is -2.36. The van der Waals surface area contributed by atoms with E-state index in [9.17, 15) is 4.79 Å². The highest BCUT2D eigenvalue weighted by Crippen LogP contribution is 2.36. The van der Waals surface area contributed by atoms with Gasteiger partial charge in [-0.05, 0) is 128 Å². The number of benzene rings is 4. The SMILES string of the molecule is CC(C)(C)OC(=O)N1CCC[C@H]1c1nc2ccc(-c3ccc4ccc(-c5ccc6c(c5)CC([C@@H]5CCCN5)=N6)cc4c3)cc2[nH]1. The maximum Gasteiger partial charge on any atom is 0.410 e. The summed E-state index contributed by atoms with van der Waals surface area (Å²) in [6.45, 7) is 7.48. The molecule has 4 aromatic carbocycles. The van der Waals surface area contributed by atoms with Crippen molar-refractivity contribution in [2.75, 3.05) is 13.1 Å². The van der Waals surface area contributed by atoms with Crippen LogP contribution in [-0.4, -0.2) is 51.4 Å². The Bertz CT molecular complexity index is 1980. The van der Waals surface area contributed by atoms with Crippen molar-refractivity contribution in [2.45, 2.75) is 70.6 Å². The van der Waals surface area contributed by atoms with Gasteiger partial charge in [-0.25, -0.2) is 9.78 Å². The fourth-order valence-corrected chi connectivity index (χ4v) is 7.14. The third-order valence-electron chi connectivity index (χ3n) is 9.38. The fraction of sp³-hybridized carbons (Fsp3) is 0.342. The maximum absolute atomic E-state index is 12.9. The molecule has 5 aromatic rings. The number of rotatable bonds is 4. The summed E-state index contributed by atoms with van der Waals surface area (Å²) in [7, 11) is 0. The van der Waals surface area contributed by atoms with Gasteiger partial charge < -0.3 is 15.0 Å². The van der Waals surface area contributed by atoms with E-state index < -0.39 is 5.60 Å². The van der Waals surface area contributed by atoms with Crippen LogP contribution in [-0.2, 0) is 11.2 Å². The topological polar surface area (TPSA) is 82.6 Å². The number of ether oxygens (including phenoxy) is 1. The van der Waals surface area contributed by atoms with Gasteiger partial charge in [0.15, 0.2) is 0 Å². The first kappa shape index (κ1) is 28.0. The molecule has 3 aliphatic rings. The van der Waals surface area contributed by atoms with Crippen LogP contribution in [0.2, 0.25) is 0 Å². The molecule has 7 heteroatoms. The van der Waals surface area contributed by atoms with Crippen molar-refractivity contribution in [1.29, 1.82) is 0 Å². The van der Waals surface area contributed by atoms with Crippen molar-refractivity contribution in [3.63, 3.8) is 0 Å². The number of fused-ring (bicyclic) bond motifs is 3. The minimum atomic E-state index is -0.528. The van der Waals surface area contributed by atoms with Gasteiger partial charge in [0.05, 0.1) is 22.8 Å². The largest absolute Gasteiger partial charge is 0.444 e. The average molecular weight is 598 g/mol. The molecule has 1 amide bonds. The quantitative estimate of drug-likeness (QED) is 0.218. The minimum absolute atomic E-state index is 0.105. The summed E-state index contributed by atoms with van der Waals surface area (Å²) in [4.78, 5) is 28.1. The first-order valence-corrected chi connectivity index (χ1v) is 16.3. The molecule has 0 aliphatic carbocycles. The first-order chi connectivity index (χ1) is 21.8. The number of nitrogens with one attached hydrogen (secondary N) is 2. The zero-order valence-electron chi connectivity index (χ0n) is 26.2. The Kier molecular flexibility index (Phi) is 6.75. The molecular weight excluding hydrogens is 558 g/mol. The van der Waals surface area contributed by atoms with Crippen LogP contribution in [0.15, 0.2) is 77.8 Å². The molecule has 0 spiro atoms. The number of carbonyl (C=O) groups is 1. The number of aromatic nitrogens is 2. The van der Waals surface area contributed by atoms with E-state index >= 15 is 0 Å².